The van der Waals surface area contributed by atoms with Gasteiger partial charge < -0.3 is 51.5 Å². The number of hydrogen-bond donors (Lipinski definition) is 0. The molecular formula is C28H24F2N4O4Ti2. The van der Waals surface area contributed by atoms with Gasteiger partial charge >= 0.3 is 43.4 Å². The second kappa shape index (κ2) is 25.3. The Morgan fingerprint density at radius 2 is 0.450 bits per heavy atom. The van der Waals surface area contributed by atoms with Crippen molar-refractivity contribution >= 4 is 23.6 Å². The quantitative estimate of drug-likeness (QED) is 0.319. The van der Waals surface area contributed by atoms with Crippen LogP contribution in [0.1, 0.15) is 41.4 Å². The molecule has 0 spiro atoms. The van der Waals surface area contributed by atoms with Crippen molar-refractivity contribution in [1.29, 1.82) is 0 Å². The molecule has 0 aliphatic heterocycles. The third-order valence-corrected chi connectivity index (χ3v) is 4.14. The zero-order valence-electron chi connectivity index (χ0n) is 20.9. The van der Waals surface area contributed by atoms with Gasteiger partial charge in [-0.25, -0.2) is 0 Å². The summed E-state index contributed by atoms with van der Waals surface area (Å²) < 4.78 is 0. The number of carbonyl (C=O) groups excluding carboxylic acids is 4. The van der Waals surface area contributed by atoms with E-state index in [0.29, 0.717) is 22.3 Å². The van der Waals surface area contributed by atoms with Crippen molar-refractivity contribution < 1.29 is 72.0 Å². The molecule has 4 aromatic rings. The molecule has 40 heavy (non-hydrogen) atoms. The van der Waals surface area contributed by atoms with Crippen molar-refractivity contribution in [2.24, 2.45) is 0 Å². The first-order valence-electron chi connectivity index (χ1n) is 10.5. The topological polar surface area (TPSA) is 163 Å². The summed E-state index contributed by atoms with van der Waals surface area (Å²) in [7, 11) is 0. The molecule has 8 nitrogen and oxygen atoms in total. The monoisotopic (exact) mass is 614 g/mol. The zero-order valence-corrected chi connectivity index (χ0v) is 24.1. The minimum Gasteiger partial charge on any atom is -1.00 e. The van der Waals surface area contributed by atoms with E-state index in [4.69, 9.17) is 22.9 Å². The van der Waals surface area contributed by atoms with Gasteiger partial charge in [-0.1, -0.05) is 121 Å². The predicted octanol–water partition coefficient (Wildman–Crippen LogP) is 1.52. The molecule has 0 saturated heterocycles. The Morgan fingerprint density at radius 1 is 0.325 bits per heavy atom. The maximum Gasteiger partial charge on any atom is 3.00 e. The van der Waals surface area contributed by atoms with Crippen LogP contribution in [0.25, 0.3) is 22.9 Å². The van der Waals surface area contributed by atoms with Crippen LogP contribution in [0, 0.1) is 0 Å². The third kappa shape index (κ3) is 19.2. The summed E-state index contributed by atoms with van der Waals surface area (Å²) in [4.78, 5) is 41.2. The van der Waals surface area contributed by atoms with E-state index >= 15 is 0 Å². The van der Waals surface area contributed by atoms with Gasteiger partial charge in [-0.2, -0.15) is 0 Å². The smallest absolute Gasteiger partial charge is 1.00 e. The predicted molar refractivity (Wildman–Crippen MR) is 140 cm³/mol. The van der Waals surface area contributed by atoms with Crippen LogP contribution in [-0.4, -0.2) is 23.6 Å². The standard InChI is InChI=1S/4C7H7NO.2FH.2Ti/c4*8-7(9)6-4-2-1-3-5-6;;;;/h4*1-5H,(H2,8,9);2*1H;;/q;;;;;;2*+3/p-6. The maximum absolute atomic E-state index is 10.3. The van der Waals surface area contributed by atoms with Crippen LogP contribution in [0.2, 0.25) is 0 Å². The number of halogens is 2. The average Bonchev–Trinajstić information content (AvgIpc) is 2.92. The summed E-state index contributed by atoms with van der Waals surface area (Å²) in [5.74, 6) is -2.52. The van der Waals surface area contributed by atoms with E-state index in [0.717, 1.165) is 0 Å². The molecule has 0 saturated carbocycles. The molecule has 12 heteroatoms. The fourth-order valence-electron chi connectivity index (χ4n) is 2.36. The first kappa shape index (κ1) is 43.1. The van der Waals surface area contributed by atoms with Gasteiger partial charge in [-0.05, 0) is 22.3 Å². The fraction of sp³-hybridized carbons (Fsp3) is 0. The van der Waals surface area contributed by atoms with E-state index in [1.54, 1.807) is 97.1 Å². The number of carbonyl (C=O) groups is 4. The molecule has 0 fully saturated rings. The Balaban J connectivity index is -0.000000209. The van der Waals surface area contributed by atoms with E-state index in [2.05, 4.69) is 0 Å². The van der Waals surface area contributed by atoms with E-state index < -0.39 is 23.6 Å². The van der Waals surface area contributed by atoms with Crippen LogP contribution in [-0.2, 0) is 43.4 Å². The summed E-state index contributed by atoms with van der Waals surface area (Å²) in [5, 5.41) is 0. The fourth-order valence-corrected chi connectivity index (χ4v) is 2.36. The van der Waals surface area contributed by atoms with Crippen LogP contribution in [0.3, 0.4) is 0 Å². The van der Waals surface area contributed by atoms with Crippen LogP contribution in [0.15, 0.2) is 121 Å². The normalized spacial score (nSPS) is 8.00. The first-order valence-corrected chi connectivity index (χ1v) is 10.5. The Hall–Kier alpha value is -3.95. The molecule has 4 N–H and O–H groups in total. The Bertz CT molecular complexity index is 1040. The van der Waals surface area contributed by atoms with E-state index in [1.807, 2.05) is 24.3 Å². The molecule has 0 aliphatic rings. The van der Waals surface area contributed by atoms with Gasteiger partial charge in [0.1, 0.15) is 0 Å². The van der Waals surface area contributed by atoms with Crippen molar-refractivity contribution in [3.8, 4) is 0 Å². The van der Waals surface area contributed by atoms with Gasteiger partial charge in [0.25, 0.3) is 0 Å². The van der Waals surface area contributed by atoms with Crippen LogP contribution in [0.5, 0.6) is 0 Å². The summed E-state index contributed by atoms with van der Waals surface area (Å²) in [5.41, 5.74) is 28.5. The number of rotatable bonds is 4. The molecule has 4 aromatic carbocycles. The molecule has 0 heterocycles. The van der Waals surface area contributed by atoms with Crippen molar-refractivity contribution in [2.75, 3.05) is 0 Å². The van der Waals surface area contributed by atoms with Crippen molar-refractivity contribution in [2.45, 2.75) is 0 Å². The van der Waals surface area contributed by atoms with E-state index in [9.17, 15) is 19.2 Å². The van der Waals surface area contributed by atoms with Gasteiger partial charge in [0.05, 0.1) is 23.6 Å². The molecule has 202 valence electrons. The summed E-state index contributed by atoms with van der Waals surface area (Å²) in [6.07, 6.45) is 0. The third-order valence-electron chi connectivity index (χ3n) is 4.14. The summed E-state index contributed by atoms with van der Waals surface area (Å²) in [6, 6.07) is 34.1. The van der Waals surface area contributed by atoms with Gasteiger partial charge in [-0.15, -0.1) is 0 Å². The summed E-state index contributed by atoms with van der Waals surface area (Å²) >= 11 is 0. The molecule has 0 aliphatic carbocycles. The minimum atomic E-state index is -0.629. The van der Waals surface area contributed by atoms with Gasteiger partial charge in [0, 0.05) is 0 Å². The second-order valence-electron chi connectivity index (χ2n) is 6.78. The van der Waals surface area contributed by atoms with E-state index in [1.165, 1.54) is 0 Å². The Morgan fingerprint density at radius 3 is 0.525 bits per heavy atom. The average molecular weight is 614 g/mol. The Kier molecular flexibility index (Phi) is 27.3. The van der Waals surface area contributed by atoms with E-state index in [-0.39, 0.29) is 52.8 Å². The largest absolute Gasteiger partial charge is 3.00 e. The van der Waals surface area contributed by atoms with Gasteiger partial charge in [0.2, 0.25) is 0 Å². The maximum atomic E-state index is 10.3. The number of benzene rings is 4. The van der Waals surface area contributed by atoms with Crippen molar-refractivity contribution in [3.63, 3.8) is 0 Å². The molecule has 4 rings (SSSR count). The number of hydrogen-bond acceptors (Lipinski definition) is 4. The minimum absolute atomic E-state index is 0. The van der Waals surface area contributed by atoms with Gasteiger partial charge in [0.15, 0.2) is 0 Å². The number of amides is 4. The molecule has 0 bridgehead atoms. The van der Waals surface area contributed by atoms with Crippen molar-refractivity contribution in [1.82, 2.24) is 0 Å². The van der Waals surface area contributed by atoms with Crippen LogP contribution in [0.4, 0.5) is 0 Å². The van der Waals surface area contributed by atoms with Crippen LogP contribution >= 0.6 is 0 Å². The molecular weight excluding hydrogens is 590 g/mol. The molecule has 2 radical (unpaired) electrons. The zero-order chi connectivity index (χ0) is 26.8. The van der Waals surface area contributed by atoms with Crippen molar-refractivity contribution in [3.05, 3.63) is 167 Å². The van der Waals surface area contributed by atoms with Crippen LogP contribution < -0.4 is 9.41 Å². The molecule has 4 amide bonds. The summed E-state index contributed by atoms with van der Waals surface area (Å²) in [6.45, 7) is 0. The molecule has 0 unspecified atom stereocenters. The first-order chi connectivity index (χ1) is 17.2. The molecule has 0 atom stereocenters. The van der Waals surface area contributed by atoms with Gasteiger partial charge in [-0.3, -0.25) is 0 Å². The SMILES string of the molecule is [F-].[F-].[NH-]C(=O)c1ccccc1.[NH-]C(=O)c1ccccc1.[NH-]C(=O)c1ccccc1.[NH-]C(=O)c1ccccc1.[Ti+3].[Ti+3]. The second-order valence-corrected chi connectivity index (χ2v) is 6.78. The number of nitrogens with one attached hydrogen (secondary N) is 4. The molecule has 0 aromatic heterocycles. The Labute approximate surface area is 261 Å².